The molecule has 1 aliphatic heterocycles. The number of benzene rings is 1. The van der Waals surface area contributed by atoms with Gasteiger partial charge in [-0.05, 0) is 32.1 Å². The molecule has 1 heterocycles. The fraction of sp³-hybridized carbons (Fsp3) is 0.474. The molecule has 7 heteroatoms. The molecule has 0 saturated carbocycles. The van der Waals surface area contributed by atoms with Crippen LogP contribution in [0.25, 0.3) is 0 Å². The molecule has 26 heavy (non-hydrogen) atoms. The summed E-state index contributed by atoms with van der Waals surface area (Å²) in [6.07, 6.45) is 2.12. The van der Waals surface area contributed by atoms with Gasteiger partial charge in [-0.15, -0.1) is 0 Å². The highest BCUT2D eigenvalue weighted by atomic mass is 79.9. The van der Waals surface area contributed by atoms with E-state index in [2.05, 4.69) is 20.7 Å². The van der Waals surface area contributed by atoms with Crippen LogP contribution < -0.4 is 0 Å². The van der Waals surface area contributed by atoms with Crippen molar-refractivity contribution in [1.82, 2.24) is 0 Å². The van der Waals surface area contributed by atoms with Crippen molar-refractivity contribution in [3.8, 4) is 0 Å². The van der Waals surface area contributed by atoms with Gasteiger partial charge in [0.1, 0.15) is 12.2 Å². The molecule has 6 nitrogen and oxygen atoms in total. The Morgan fingerprint density at radius 2 is 1.96 bits per heavy atom. The van der Waals surface area contributed by atoms with Gasteiger partial charge in [-0.2, -0.15) is 0 Å². The molecule has 142 valence electrons. The van der Waals surface area contributed by atoms with Crippen molar-refractivity contribution in [2.75, 3.05) is 12.4 Å². The predicted octanol–water partition coefficient (Wildman–Crippen LogP) is 3.25. The molecule has 0 N–H and O–H groups in total. The Bertz CT molecular complexity index is 643. The summed E-state index contributed by atoms with van der Waals surface area (Å²) in [5.74, 6) is -1.66. The molecule has 0 spiro atoms. The van der Waals surface area contributed by atoms with Crippen LogP contribution in [0, 0.1) is 0 Å². The zero-order valence-electron chi connectivity index (χ0n) is 15.0. The van der Waals surface area contributed by atoms with Crippen LogP contribution in [0.15, 0.2) is 42.5 Å². The van der Waals surface area contributed by atoms with Gasteiger partial charge in [-0.25, -0.2) is 9.59 Å². The van der Waals surface area contributed by atoms with Crippen LogP contribution in [0.2, 0.25) is 0 Å². The first-order chi connectivity index (χ1) is 12.3. The van der Waals surface area contributed by atoms with Crippen LogP contribution in [-0.4, -0.2) is 48.5 Å². The number of carbonyl (C=O) groups excluding carboxylic acids is 2. The van der Waals surface area contributed by atoms with Crippen LogP contribution in [0.1, 0.15) is 30.6 Å². The van der Waals surface area contributed by atoms with Crippen molar-refractivity contribution in [2.24, 2.45) is 0 Å². The summed E-state index contributed by atoms with van der Waals surface area (Å²) in [5.41, 5.74) is 0.490. The third-order valence-electron chi connectivity index (χ3n) is 3.80. The number of hydrogen-bond acceptors (Lipinski definition) is 6. The molecule has 1 saturated heterocycles. The van der Waals surface area contributed by atoms with Gasteiger partial charge < -0.3 is 18.9 Å². The average molecular weight is 427 g/mol. The smallest absolute Gasteiger partial charge is 0.338 e. The van der Waals surface area contributed by atoms with E-state index in [0.717, 1.165) is 0 Å². The van der Waals surface area contributed by atoms with E-state index < -0.39 is 29.9 Å². The lowest BCUT2D eigenvalue weighted by Gasteiger charge is -2.21. The normalized spacial score (nSPS) is 22.9. The summed E-state index contributed by atoms with van der Waals surface area (Å²) < 4.78 is 21.9. The molecule has 1 fully saturated rings. The average Bonchev–Trinajstić information content (AvgIpc) is 2.93. The van der Waals surface area contributed by atoms with Gasteiger partial charge in [-0.3, -0.25) is 0 Å². The molecule has 0 aromatic heterocycles. The Morgan fingerprint density at radius 3 is 2.58 bits per heavy atom. The van der Waals surface area contributed by atoms with Crippen LogP contribution in [0.3, 0.4) is 0 Å². The zero-order valence-corrected chi connectivity index (χ0v) is 16.6. The van der Waals surface area contributed by atoms with E-state index in [1.165, 1.54) is 13.2 Å². The van der Waals surface area contributed by atoms with E-state index in [-0.39, 0.29) is 6.10 Å². The minimum atomic E-state index is -0.796. The third kappa shape index (κ3) is 5.93. The molecular weight excluding hydrogens is 404 g/mol. The molecule has 0 amide bonds. The monoisotopic (exact) mass is 426 g/mol. The maximum atomic E-state index is 12.3. The van der Waals surface area contributed by atoms with E-state index in [4.69, 9.17) is 14.2 Å². The van der Waals surface area contributed by atoms with Crippen molar-refractivity contribution in [3.63, 3.8) is 0 Å². The van der Waals surface area contributed by atoms with Crippen LogP contribution in [0.4, 0.5) is 0 Å². The summed E-state index contributed by atoms with van der Waals surface area (Å²) in [7, 11) is 1.31. The summed E-state index contributed by atoms with van der Waals surface area (Å²) in [6.45, 7) is 3.59. The van der Waals surface area contributed by atoms with Gasteiger partial charge in [0.15, 0.2) is 5.79 Å². The quantitative estimate of drug-likeness (QED) is 0.378. The van der Waals surface area contributed by atoms with Crippen molar-refractivity contribution < 1.29 is 28.5 Å². The maximum absolute atomic E-state index is 12.3. The lowest BCUT2D eigenvalue weighted by molar-refractivity contribution is -0.145. The highest BCUT2D eigenvalue weighted by Crippen LogP contribution is 2.32. The molecule has 0 radical (unpaired) electrons. The largest absolute Gasteiger partial charge is 0.466 e. The second kappa shape index (κ2) is 9.30. The topological polar surface area (TPSA) is 71.1 Å². The minimum absolute atomic E-state index is 0.364. The zero-order chi connectivity index (χ0) is 19.2. The number of rotatable bonds is 7. The van der Waals surface area contributed by atoms with Gasteiger partial charge in [0.2, 0.25) is 0 Å². The molecule has 0 bridgehead atoms. The van der Waals surface area contributed by atoms with Gasteiger partial charge in [0.05, 0.1) is 18.8 Å². The lowest BCUT2D eigenvalue weighted by atomic mass is 10.1. The first kappa shape index (κ1) is 20.6. The number of esters is 2. The fourth-order valence-electron chi connectivity index (χ4n) is 2.65. The Morgan fingerprint density at radius 1 is 1.27 bits per heavy atom. The Kier molecular flexibility index (Phi) is 7.37. The second-order valence-corrected chi connectivity index (χ2v) is 6.95. The summed E-state index contributed by atoms with van der Waals surface area (Å²) in [4.78, 5) is 23.6. The van der Waals surface area contributed by atoms with Crippen molar-refractivity contribution >= 4 is 27.9 Å². The highest BCUT2D eigenvalue weighted by molar-refractivity contribution is 9.09. The summed E-state index contributed by atoms with van der Waals surface area (Å²) in [5, 5.41) is 0.458. The summed E-state index contributed by atoms with van der Waals surface area (Å²) >= 11 is 3.38. The second-order valence-electron chi connectivity index (χ2n) is 6.30. The number of methoxy groups -OCH3 is 1. The van der Waals surface area contributed by atoms with E-state index in [1.807, 2.05) is 6.07 Å². The fourth-order valence-corrected chi connectivity index (χ4v) is 3.04. The number of alkyl halides is 1. The molecule has 1 aromatic rings. The minimum Gasteiger partial charge on any atom is -0.466 e. The van der Waals surface area contributed by atoms with E-state index in [9.17, 15) is 9.59 Å². The number of ether oxygens (including phenoxy) is 4. The third-order valence-corrected chi connectivity index (χ3v) is 4.52. The predicted molar refractivity (Wildman–Crippen MR) is 99.0 cm³/mol. The molecular formula is C19H23BrO6. The first-order valence-corrected chi connectivity index (χ1v) is 9.40. The molecule has 1 aliphatic rings. The van der Waals surface area contributed by atoms with E-state index in [0.29, 0.717) is 17.3 Å². The lowest BCUT2D eigenvalue weighted by Crippen LogP contribution is -2.30. The number of halogens is 1. The Labute approximate surface area is 161 Å². The van der Waals surface area contributed by atoms with Crippen molar-refractivity contribution in [2.45, 2.75) is 44.4 Å². The Hall–Kier alpha value is -1.70. The molecule has 0 aliphatic carbocycles. The van der Waals surface area contributed by atoms with Crippen molar-refractivity contribution in [3.05, 3.63) is 48.0 Å². The highest BCUT2D eigenvalue weighted by Gasteiger charge is 2.41. The van der Waals surface area contributed by atoms with Gasteiger partial charge >= 0.3 is 11.9 Å². The molecule has 2 rings (SSSR count). The number of carbonyl (C=O) groups is 2. The molecule has 3 atom stereocenters. The standard InChI is InChI=1S/C19H23BrO6/c1-19(2)25-15(9-10-17(21)23-3)16(26-19)11-14(12-20)24-18(22)13-7-5-4-6-8-13/h4-10,14-16H,11-12H2,1-3H3/b10-9+/t14-,15-,16-/m0/s1. The first-order valence-electron chi connectivity index (χ1n) is 8.28. The Balaban J connectivity index is 2.03. The molecule has 0 unspecified atom stereocenters. The summed E-state index contributed by atoms with van der Waals surface area (Å²) in [6, 6.07) is 8.80. The number of hydrogen-bond donors (Lipinski definition) is 0. The molecule has 1 aromatic carbocycles. The van der Waals surface area contributed by atoms with Crippen LogP contribution in [0.5, 0.6) is 0 Å². The van der Waals surface area contributed by atoms with Crippen LogP contribution in [-0.2, 0) is 23.7 Å². The van der Waals surface area contributed by atoms with Crippen molar-refractivity contribution in [1.29, 1.82) is 0 Å². The van der Waals surface area contributed by atoms with E-state index in [1.54, 1.807) is 44.2 Å². The van der Waals surface area contributed by atoms with Crippen LogP contribution >= 0.6 is 15.9 Å². The van der Waals surface area contributed by atoms with Gasteiger partial charge in [0, 0.05) is 17.8 Å². The van der Waals surface area contributed by atoms with E-state index >= 15 is 0 Å². The van der Waals surface area contributed by atoms with Gasteiger partial charge in [0.25, 0.3) is 0 Å². The maximum Gasteiger partial charge on any atom is 0.338 e. The van der Waals surface area contributed by atoms with Gasteiger partial charge in [-0.1, -0.05) is 34.1 Å². The SMILES string of the molecule is COC(=O)/C=C/[C@@H]1OC(C)(C)O[C@H]1C[C@@H](CBr)OC(=O)c1ccccc1.